The van der Waals surface area contributed by atoms with Gasteiger partial charge in [0, 0.05) is 6.54 Å². The van der Waals surface area contributed by atoms with Crippen molar-refractivity contribution in [2.24, 2.45) is 0 Å². The average molecular weight is 211 g/mol. The maximum absolute atomic E-state index is 5.10. The van der Waals surface area contributed by atoms with Gasteiger partial charge in [-0.2, -0.15) is 0 Å². The second-order valence-electron chi connectivity index (χ2n) is 3.05. The van der Waals surface area contributed by atoms with E-state index in [1.54, 1.807) is 24.2 Å². The number of nitrogens with zero attached hydrogens (tertiary/aromatic N) is 2. The largest absolute Gasteiger partial charge is 0.379 e. The molecule has 5 heteroatoms. The Labute approximate surface area is 87.5 Å². The van der Waals surface area contributed by atoms with Gasteiger partial charge in [0.25, 0.3) is 0 Å². The van der Waals surface area contributed by atoms with Gasteiger partial charge < -0.3 is 10.1 Å². The lowest BCUT2D eigenvalue weighted by atomic mass is 10.4. The van der Waals surface area contributed by atoms with E-state index in [0.717, 1.165) is 30.6 Å². The number of nitrogens with one attached hydrogen (secondary N) is 1. The van der Waals surface area contributed by atoms with Crippen LogP contribution in [0.5, 0.6) is 0 Å². The van der Waals surface area contributed by atoms with Gasteiger partial charge in [-0.3, -0.25) is 4.98 Å². The standard InChI is InChI=1S/C9H13N3OS/c1-2-11-8-3-10-4-9(12-8)14-7-5-13-6-7/h3-4,7H,2,5-6H2,1H3,(H,11,12). The summed E-state index contributed by atoms with van der Waals surface area (Å²) in [5, 5.41) is 4.66. The van der Waals surface area contributed by atoms with Crippen molar-refractivity contribution in [3.8, 4) is 0 Å². The minimum absolute atomic E-state index is 0.557. The number of hydrogen-bond donors (Lipinski definition) is 1. The quantitative estimate of drug-likeness (QED) is 0.815. The Morgan fingerprint density at radius 3 is 3.07 bits per heavy atom. The van der Waals surface area contributed by atoms with E-state index >= 15 is 0 Å². The van der Waals surface area contributed by atoms with Crippen LogP contribution in [0.15, 0.2) is 17.4 Å². The topological polar surface area (TPSA) is 47.0 Å². The molecular weight excluding hydrogens is 198 g/mol. The first-order valence-electron chi connectivity index (χ1n) is 4.69. The molecular formula is C9H13N3OS. The van der Waals surface area contributed by atoms with Gasteiger partial charge in [-0.1, -0.05) is 11.8 Å². The minimum atomic E-state index is 0.557. The van der Waals surface area contributed by atoms with Crippen molar-refractivity contribution in [3.63, 3.8) is 0 Å². The Hall–Kier alpha value is -0.810. The van der Waals surface area contributed by atoms with Gasteiger partial charge in [-0.25, -0.2) is 4.98 Å². The predicted octanol–water partition coefficient (Wildman–Crippen LogP) is 1.40. The van der Waals surface area contributed by atoms with Gasteiger partial charge in [0.15, 0.2) is 0 Å². The molecule has 0 aliphatic carbocycles. The normalized spacial score (nSPS) is 16.4. The van der Waals surface area contributed by atoms with Gasteiger partial charge in [-0.05, 0) is 6.92 Å². The Kier molecular flexibility index (Phi) is 3.21. The fourth-order valence-electron chi connectivity index (χ4n) is 1.12. The molecule has 0 spiro atoms. The molecule has 0 aromatic carbocycles. The smallest absolute Gasteiger partial charge is 0.145 e. The lowest BCUT2D eigenvalue weighted by Gasteiger charge is -2.24. The lowest BCUT2D eigenvalue weighted by Crippen LogP contribution is -2.30. The molecule has 4 nitrogen and oxygen atoms in total. The predicted molar refractivity (Wildman–Crippen MR) is 56.7 cm³/mol. The molecule has 0 atom stereocenters. The Bertz CT molecular complexity index is 304. The van der Waals surface area contributed by atoms with E-state index in [4.69, 9.17) is 4.74 Å². The molecule has 76 valence electrons. The minimum Gasteiger partial charge on any atom is -0.379 e. The maximum Gasteiger partial charge on any atom is 0.145 e. The van der Waals surface area contributed by atoms with Crippen LogP contribution in [0.3, 0.4) is 0 Å². The van der Waals surface area contributed by atoms with E-state index in [1.165, 1.54) is 0 Å². The molecule has 1 aliphatic heterocycles. The molecule has 1 saturated heterocycles. The molecule has 0 saturated carbocycles. The number of aromatic nitrogens is 2. The Morgan fingerprint density at radius 1 is 1.57 bits per heavy atom. The van der Waals surface area contributed by atoms with Crippen LogP contribution in [-0.4, -0.2) is 35.0 Å². The first kappa shape index (κ1) is 9.73. The van der Waals surface area contributed by atoms with E-state index in [0.29, 0.717) is 5.25 Å². The molecule has 0 amide bonds. The van der Waals surface area contributed by atoms with E-state index in [-0.39, 0.29) is 0 Å². The van der Waals surface area contributed by atoms with E-state index in [2.05, 4.69) is 15.3 Å². The highest BCUT2D eigenvalue weighted by atomic mass is 32.2. The summed E-state index contributed by atoms with van der Waals surface area (Å²) < 4.78 is 5.10. The molecule has 0 bridgehead atoms. The molecule has 2 heterocycles. The maximum atomic E-state index is 5.10. The number of ether oxygens (including phenoxy) is 1. The molecule has 0 unspecified atom stereocenters. The first-order chi connectivity index (χ1) is 6.88. The van der Waals surface area contributed by atoms with E-state index < -0.39 is 0 Å². The van der Waals surface area contributed by atoms with Gasteiger partial charge >= 0.3 is 0 Å². The van der Waals surface area contributed by atoms with Crippen LogP contribution in [0.2, 0.25) is 0 Å². The van der Waals surface area contributed by atoms with Gasteiger partial charge in [-0.15, -0.1) is 0 Å². The monoisotopic (exact) mass is 211 g/mol. The second-order valence-corrected chi connectivity index (χ2v) is 4.37. The molecule has 1 N–H and O–H groups in total. The molecule has 0 radical (unpaired) electrons. The summed E-state index contributed by atoms with van der Waals surface area (Å²) in [4.78, 5) is 8.55. The lowest BCUT2D eigenvalue weighted by molar-refractivity contribution is 0.0454. The zero-order valence-electron chi connectivity index (χ0n) is 8.06. The SMILES string of the molecule is CCNc1cncc(SC2COC2)n1. The van der Waals surface area contributed by atoms with Crippen molar-refractivity contribution < 1.29 is 4.74 Å². The summed E-state index contributed by atoms with van der Waals surface area (Å²) in [7, 11) is 0. The van der Waals surface area contributed by atoms with Gasteiger partial charge in [0.2, 0.25) is 0 Å². The number of thioether (sulfide) groups is 1. The van der Waals surface area contributed by atoms with Crippen molar-refractivity contribution in [3.05, 3.63) is 12.4 Å². The molecule has 2 rings (SSSR count). The summed E-state index contributed by atoms with van der Waals surface area (Å²) in [5.41, 5.74) is 0. The number of anilines is 1. The fourth-order valence-corrected chi connectivity index (χ4v) is 2.07. The van der Waals surface area contributed by atoms with E-state index in [9.17, 15) is 0 Å². The van der Waals surface area contributed by atoms with Crippen LogP contribution >= 0.6 is 11.8 Å². The fraction of sp³-hybridized carbons (Fsp3) is 0.556. The van der Waals surface area contributed by atoms with Crippen LogP contribution in [0, 0.1) is 0 Å². The Balaban J connectivity index is 1.97. The van der Waals surface area contributed by atoms with Crippen molar-refractivity contribution in [2.75, 3.05) is 25.1 Å². The van der Waals surface area contributed by atoms with Crippen LogP contribution in [0.25, 0.3) is 0 Å². The number of hydrogen-bond acceptors (Lipinski definition) is 5. The third-order valence-electron chi connectivity index (χ3n) is 1.87. The molecule has 1 aromatic rings. The van der Waals surface area contributed by atoms with Crippen molar-refractivity contribution in [1.29, 1.82) is 0 Å². The summed E-state index contributed by atoms with van der Waals surface area (Å²) in [5.74, 6) is 0.845. The summed E-state index contributed by atoms with van der Waals surface area (Å²) in [6.45, 7) is 4.58. The highest BCUT2D eigenvalue weighted by Crippen LogP contribution is 2.26. The second kappa shape index (κ2) is 4.61. The van der Waals surface area contributed by atoms with Crippen molar-refractivity contribution in [2.45, 2.75) is 17.2 Å². The highest BCUT2D eigenvalue weighted by Gasteiger charge is 2.20. The van der Waals surface area contributed by atoms with Crippen molar-refractivity contribution in [1.82, 2.24) is 9.97 Å². The molecule has 1 fully saturated rings. The van der Waals surface area contributed by atoms with Crippen molar-refractivity contribution >= 4 is 17.6 Å². The highest BCUT2D eigenvalue weighted by molar-refractivity contribution is 8.00. The molecule has 1 aliphatic rings. The molecule has 14 heavy (non-hydrogen) atoms. The van der Waals surface area contributed by atoms with Crippen LogP contribution in [-0.2, 0) is 4.74 Å². The van der Waals surface area contributed by atoms with Gasteiger partial charge in [0.1, 0.15) is 10.8 Å². The number of rotatable bonds is 4. The third kappa shape index (κ3) is 2.36. The third-order valence-corrected chi connectivity index (χ3v) is 2.91. The molecule has 1 aromatic heterocycles. The van der Waals surface area contributed by atoms with Crippen LogP contribution in [0.1, 0.15) is 6.92 Å². The zero-order chi connectivity index (χ0) is 9.80. The summed E-state index contributed by atoms with van der Waals surface area (Å²) >= 11 is 1.73. The van der Waals surface area contributed by atoms with Crippen LogP contribution < -0.4 is 5.32 Å². The Morgan fingerprint density at radius 2 is 2.43 bits per heavy atom. The van der Waals surface area contributed by atoms with Gasteiger partial charge in [0.05, 0.1) is 30.9 Å². The van der Waals surface area contributed by atoms with E-state index in [1.807, 2.05) is 6.92 Å². The van der Waals surface area contributed by atoms with Crippen LogP contribution in [0.4, 0.5) is 5.82 Å². The summed E-state index contributed by atoms with van der Waals surface area (Å²) in [6, 6.07) is 0. The summed E-state index contributed by atoms with van der Waals surface area (Å²) in [6.07, 6.45) is 3.54. The average Bonchev–Trinajstić information content (AvgIpc) is 2.13. The first-order valence-corrected chi connectivity index (χ1v) is 5.56. The zero-order valence-corrected chi connectivity index (χ0v) is 8.88.